The summed E-state index contributed by atoms with van der Waals surface area (Å²) < 4.78 is 93.0. The van der Waals surface area contributed by atoms with Crippen LogP contribution in [0.5, 0.6) is 0 Å². The summed E-state index contributed by atoms with van der Waals surface area (Å²) in [5, 5.41) is 5.26. The van der Waals surface area contributed by atoms with Gasteiger partial charge in [0.15, 0.2) is 23.3 Å². The predicted molar refractivity (Wildman–Crippen MR) is 92.3 cm³/mol. The second kappa shape index (κ2) is 8.19. The Hall–Kier alpha value is -2.33. The number of nitrogens with zero attached hydrogens (tertiary/aromatic N) is 1. The van der Waals surface area contributed by atoms with Crippen molar-refractivity contribution in [3.8, 4) is 0 Å². The van der Waals surface area contributed by atoms with Gasteiger partial charge in [-0.25, -0.2) is 17.6 Å². The number of hydrogen-bond donors (Lipinski definition) is 1. The monoisotopic (exact) mass is 430 g/mol. The molecule has 4 nitrogen and oxygen atoms in total. The standard InChI is InChI=1S/C18H21F7N2O2/c1-8(7-16(2,3)4)27-29-17(5,6)15(28)26-14-12(21)10(19)9(18(23,24)25)11(20)13(14)22/h7H2,1-6H3,(H,26,28)/b27-8+. The van der Waals surface area contributed by atoms with Gasteiger partial charge < -0.3 is 10.2 Å². The molecule has 1 amide bonds. The molecule has 0 aliphatic heterocycles. The van der Waals surface area contributed by atoms with Gasteiger partial charge in [-0.3, -0.25) is 4.79 Å². The molecule has 1 rings (SSSR count). The quantitative estimate of drug-likeness (QED) is 0.278. The zero-order valence-corrected chi connectivity index (χ0v) is 16.6. The average Bonchev–Trinajstić information content (AvgIpc) is 2.52. The molecule has 0 radical (unpaired) electrons. The second-order valence-corrected chi connectivity index (χ2v) is 8.12. The first-order chi connectivity index (χ1) is 12.9. The van der Waals surface area contributed by atoms with E-state index in [1.54, 1.807) is 6.92 Å². The van der Waals surface area contributed by atoms with Gasteiger partial charge in [-0.15, -0.1) is 0 Å². The van der Waals surface area contributed by atoms with Gasteiger partial charge in [0.2, 0.25) is 5.60 Å². The minimum atomic E-state index is -5.68. The number of oxime groups is 1. The van der Waals surface area contributed by atoms with Gasteiger partial charge >= 0.3 is 6.18 Å². The average molecular weight is 430 g/mol. The summed E-state index contributed by atoms with van der Waals surface area (Å²) in [6.45, 7) is 9.65. The highest BCUT2D eigenvalue weighted by atomic mass is 19.4. The molecule has 1 aromatic rings. The molecule has 0 fully saturated rings. The molecule has 164 valence electrons. The number of halogens is 7. The number of nitrogens with one attached hydrogen (secondary N) is 1. The van der Waals surface area contributed by atoms with Crippen molar-refractivity contribution in [1.29, 1.82) is 0 Å². The summed E-state index contributed by atoms with van der Waals surface area (Å²) in [6, 6.07) is 0. The Morgan fingerprint density at radius 2 is 1.38 bits per heavy atom. The van der Waals surface area contributed by atoms with Crippen LogP contribution in [0.2, 0.25) is 0 Å². The van der Waals surface area contributed by atoms with Crippen molar-refractivity contribution in [1.82, 2.24) is 0 Å². The Labute approximate surface area is 163 Å². The van der Waals surface area contributed by atoms with Crippen molar-refractivity contribution in [2.24, 2.45) is 10.6 Å². The van der Waals surface area contributed by atoms with Crippen LogP contribution in [0.25, 0.3) is 0 Å². The van der Waals surface area contributed by atoms with Gasteiger partial charge in [-0.1, -0.05) is 25.9 Å². The van der Waals surface area contributed by atoms with Crippen LogP contribution in [0.1, 0.15) is 53.5 Å². The van der Waals surface area contributed by atoms with Crippen LogP contribution in [0, 0.1) is 28.7 Å². The van der Waals surface area contributed by atoms with Gasteiger partial charge in [0.05, 0.1) is 5.71 Å². The summed E-state index contributed by atoms with van der Waals surface area (Å²) >= 11 is 0. The molecular weight excluding hydrogens is 409 g/mol. The lowest BCUT2D eigenvalue weighted by Crippen LogP contribution is -2.39. The zero-order valence-electron chi connectivity index (χ0n) is 16.6. The highest BCUT2D eigenvalue weighted by molar-refractivity contribution is 5.97. The lowest BCUT2D eigenvalue weighted by atomic mass is 9.90. The summed E-state index contributed by atoms with van der Waals surface area (Å²) in [6.07, 6.45) is -5.19. The number of carbonyl (C=O) groups excluding carboxylic acids is 1. The summed E-state index contributed by atoms with van der Waals surface area (Å²) in [5.41, 5.74) is -5.96. The van der Waals surface area contributed by atoms with E-state index >= 15 is 0 Å². The van der Waals surface area contributed by atoms with Crippen molar-refractivity contribution in [3.63, 3.8) is 0 Å². The SMILES string of the molecule is C/C(CC(C)(C)C)=N\OC(C)(C)C(=O)Nc1c(F)c(F)c(C(F)(F)F)c(F)c1F. The van der Waals surface area contributed by atoms with Gasteiger partial charge in [0.25, 0.3) is 5.91 Å². The highest BCUT2D eigenvalue weighted by Gasteiger charge is 2.43. The van der Waals surface area contributed by atoms with Crippen LogP contribution in [-0.4, -0.2) is 17.2 Å². The van der Waals surface area contributed by atoms with Crippen LogP contribution in [0.4, 0.5) is 36.4 Å². The highest BCUT2D eigenvalue weighted by Crippen LogP contribution is 2.38. The minimum Gasteiger partial charge on any atom is -0.380 e. The predicted octanol–water partition coefficient (Wildman–Crippen LogP) is 5.81. The fraction of sp³-hybridized carbons (Fsp3) is 0.556. The lowest BCUT2D eigenvalue weighted by Gasteiger charge is -2.23. The number of carbonyl (C=O) groups is 1. The van der Waals surface area contributed by atoms with E-state index in [2.05, 4.69) is 5.16 Å². The van der Waals surface area contributed by atoms with Crippen molar-refractivity contribution >= 4 is 17.3 Å². The van der Waals surface area contributed by atoms with E-state index in [-0.39, 0.29) is 5.41 Å². The first kappa shape index (κ1) is 24.7. The summed E-state index contributed by atoms with van der Waals surface area (Å²) in [5.74, 6) is -11.4. The molecule has 29 heavy (non-hydrogen) atoms. The Morgan fingerprint density at radius 3 is 1.76 bits per heavy atom. The van der Waals surface area contributed by atoms with Crippen molar-refractivity contribution in [2.45, 2.75) is 59.7 Å². The lowest BCUT2D eigenvalue weighted by molar-refractivity contribution is -0.143. The van der Waals surface area contributed by atoms with Gasteiger partial charge in [-0.05, 0) is 32.6 Å². The molecule has 0 aromatic heterocycles. The van der Waals surface area contributed by atoms with Crippen LogP contribution in [-0.2, 0) is 15.8 Å². The first-order valence-electron chi connectivity index (χ1n) is 8.34. The van der Waals surface area contributed by atoms with Gasteiger partial charge in [-0.2, -0.15) is 13.2 Å². The smallest absolute Gasteiger partial charge is 0.380 e. The molecule has 0 saturated heterocycles. The molecule has 0 saturated carbocycles. The molecule has 0 atom stereocenters. The van der Waals surface area contributed by atoms with Gasteiger partial charge in [0.1, 0.15) is 11.3 Å². The Kier molecular flexibility index (Phi) is 6.98. The number of benzene rings is 1. The number of anilines is 1. The van der Waals surface area contributed by atoms with E-state index in [4.69, 9.17) is 4.84 Å². The Morgan fingerprint density at radius 1 is 0.931 bits per heavy atom. The molecular formula is C18H21F7N2O2. The maximum absolute atomic E-state index is 13.9. The van der Waals surface area contributed by atoms with Crippen molar-refractivity contribution < 1.29 is 40.4 Å². The van der Waals surface area contributed by atoms with E-state index in [0.717, 1.165) is 13.8 Å². The molecule has 1 N–H and O–H groups in total. The fourth-order valence-electron chi connectivity index (χ4n) is 2.29. The maximum Gasteiger partial charge on any atom is 0.422 e. The van der Waals surface area contributed by atoms with E-state index in [1.807, 2.05) is 20.8 Å². The third-order valence-corrected chi connectivity index (χ3v) is 3.55. The van der Waals surface area contributed by atoms with E-state index in [9.17, 15) is 35.5 Å². The Balaban J connectivity index is 3.18. The van der Waals surface area contributed by atoms with Crippen molar-refractivity contribution in [2.75, 3.05) is 5.32 Å². The number of hydrogen-bond acceptors (Lipinski definition) is 3. The molecule has 0 spiro atoms. The van der Waals surface area contributed by atoms with Crippen LogP contribution >= 0.6 is 0 Å². The molecule has 0 unspecified atom stereocenters. The topological polar surface area (TPSA) is 50.7 Å². The summed E-state index contributed by atoms with van der Waals surface area (Å²) in [7, 11) is 0. The van der Waals surface area contributed by atoms with Crippen molar-refractivity contribution in [3.05, 3.63) is 28.8 Å². The van der Waals surface area contributed by atoms with E-state index in [1.165, 1.54) is 5.32 Å². The minimum absolute atomic E-state index is 0.148. The zero-order chi connectivity index (χ0) is 22.9. The molecule has 0 aliphatic rings. The number of rotatable bonds is 5. The van der Waals surface area contributed by atoms with Crippen LogP contribution in [0.15, 0.2) is 5.16 Å². The molecule has 0 aliphatic carbocycles. The molecule has 11 heteroatoms. The van der Waals surface area contributed by atoms with E-state index in [0.29, 0.717) is 12.1 Å². The first-order valence-corrected chi connectivity index (χ1v) is 8.34. The number of alkyl halides is 3. The normalized spacial score (nSPS) is 13.5. The molecule has 0 bridgehead atoms. The maximum atomic E-state index is 13.9. The van der Waals surface area contributed by atoms with Gasteiger partial charge in [0, 0.05) is 0 Å². The van der Waals surface area contributed by atoms with Crippen LogP contribution in [0.3, 0.4) is 0 Å². The number of amides is 1. The third kappa shape index (κ3) is 6.07. The van der Waals surface area contributed by atoms with E-state index < -0.39 is 52.2 Å². The fourth-order valence-corrected chi connectivity index (χ4v) is 2.29. The molecule has 0 heterocycles. The third-order valence-electron chi connectivity index (χ3n) is 3.55. The second-order valence-electron chi connectivity index (χ2n) is 8.12. The Bertz CT molecular complexity index is 796. The molecule has 1 aromatic carbocycles. The summed E-state index contributed by atoms with van der Waals surface area (Å²) in [4.78, 5) is 17.3. The van der Waals surface area contributed by atoms with Crippen LogP contribution < -0.4 is 5.32 Å². The largest absolute Gasteiger partial charge is 0.422 e.